The quantitative estimate of drug-likeness (QED) is 0.777. The van der Waals surface area contributed by atoms with Gasteiger partial charge < -0.3 is 10.4 Å². The normalized spacial score (nSPS) is 23.7. The summed E-state index contributed by atoms with van der Waals surface area (Å²) in [4.78, 5) is 0. The standard InChI is InChI=1S/C14H25N3O/c1-2-6-17-10-12(8-16-17)7-15-9-13-4-3-5-14(13)11-18/h8,10,13-15,18H,2-7,9,11H2,1H3. The molecule has 0 spiro atoms. The van der Waals surface area contributed by atoms with Gasteiger partial charge in [-0.05, 0) is 37.6 Å². The monoisotopic (exact) mass is 251 g/mol. The molecule has 18 heavy (non-hydrogen) atoms. The van der Waals surface area contributed by atoms with E-state index in [0.717, 1.165) is 26.1 Å². The van der Waals surface area contributed by atoms with E-state index < -0.39 is 0 Å². The zero-order chi connectivity index (χ0) is 12.8. The Bertz CT molecular complexity index is 351. The van der Waals surface area contributed by atoms with E-state index in [1.54, 1.807) is 0 Å². The topological polar surface area (TPSA) is 50.1 Å². The minimum absolute atomic E-state index is 0.348. The van der Waals surface area contributed by atoms with Gasteiger partial charge in [0.15, 0.2) is 0 Å². The number of hydrogen-bond acceptors (Lipinski definition) is 3. The van der Waals surface area contributed by atoms with Crippen molar-refractivity contribution in [3.63, 3.8) is 0 Å². The first kappa shape index (κ1) is 13.6. The SMILES string of the molecule is CCCn1cc(CNCC2CCCC2CO)cn1. The summed E-state index contributed by atoms with van der Waals surface area (Å²) in [6.45, 7) is 5.41. The van der Waals surface area contributed by atoms with Gasteiger partial charge in [-0.3, -0.25) is 4.68 Å². The molecule has 1 aliphatic carbocycles. The van der Waals surface area contributed by atoms with Gasteiger partial charge >= 0.3 is 0 Å². The average Bonchev–Trinajstić information content (AvgIpc) is 2.99. The number of nitrogens with zero attached hydrogens (tertiary/aromatic N) is 2. The number of aliphatic hydroxyl groups excluding tert-OH is 1. The van der Waals surface area contributed by atoms with Crippen molar-refractivity contribution < 1.29 is 5.11 Å². The highest BCUT2D eigenvalue weighted by molar-refractivity contribution is 5.03. The predicted octanol–water partition coefficient (Wildman–Crippen LogP) is 1.79. The van der Waals surface area contributed by atoms with Crippen LogP contribution in [0, 0.1) is 11.8 Å². The van der Waals surface area contributed by atoms with Crippen molar-refractivity contribution in [2.75, 3.05) is 13.2 Å². The lowest BCUT2D eigenvalue weighted by molar-refractivity contribution is 0.192. The molecular weight excluding hydrogens is 226 g/mol. The van der Waals surface area contributed by atoms with E-state index in [2.05, 4.69) is 23.5 Å². The van der Waals surface area contributed by atoms with Crippen LogP contribution < -0.4 is 5.32 Å². The molecule has 0 aromatic carbocycles. The summed E-state index contributed by atoms with van der Waals surface area (Å²) in [5, 5.41) is 17.1. The summed E-state index contributed by atoms with van der Waals surface area (Å²) in [5.74, 6) is 1.17. The first-order valence-electron chi connectivity index (χ1n) is 7.16. The van der Waals surface area contributed by atoms with Gasteiger partial charge in [0.1, 0.15) is 0 Å². The van der Waals surface area contributed by atoms with E-state index in [1.807, 2.05) is 10.9 Å². The van der Waals surface area contributed by atoms with Gasteiger partial charge in [-0.15, -0.1) is 0 Å². The summed E-state index contributed by atoms with van der Waals surface area (Å²) in [6, 6.07) is 0. The number of aryl methyl sites for hydroxylation is 1. The molecule has 1 heterocycles. The van der Waals surface area contributed by atoms with Crippen LogP contribution in [-0.4, -0.2) is 28.0 Å². The molecule has 2 rings (SSSR count). The van der Waals surface area contributed by atoms with Crippen LogP contribution in [0.15, 0.2) is 12.4 Å². The van der Waals surface area contributed by atoms with Crippen molar-refractivity contribution >= 4 is 0 Å². The van der Waals surface area contributed by atoms with Crippen molar-refractivity contribution in [2.24, 2.45) is 11.8 Å². The van der Waals surface area contributed by atoms with E-state index in [9.17, 15) is 5.11 Å². The highest BCUT2D eigenvalue weighted by atomic mass is 16.3. The molecule has 1 aromatic rings. The molecule has 2 unspecified atom stereocenters. The van der Waals surface area contributed by atoms with Crippen LogP contribution in [-0.2, 0) is 13.1 Å². The average molecular weight is 251 g/mol. The molecule has 0 aliphatic heterocycles. The van der Waals surface area contributed by atoms with Crippen LogP contribution in [0.2, 0.25) is 0 Å². The lowest BCUT2D eigenvalue weighted by Gasteiger charge is -2.17. The van der Waals surface area contributed by atoms with Gasteiger partial charge in [0, 0.05) is 31.5 Å². The second kappa shape index (κ2) is 6.90. The predicted molar refractivity (Wildman–Crippen MR) is 72.1 cm³/mol. The summed E-state index contributed by atoms with van der Waals surface area (Å²) >= 11 is 0. The Morgan fingerprint density at radius 1 is 1.44 bits per heavy atom. The van der Waals surface area contributed by atoms with Gasteiger partial charge in [-0.1, -0.05) is 13.3 Å². The molecule has 1 aliphatic rings. The molecule has 0 saturated heterocycles. The fourth-order valence-corrected chi connectivity index (χ4v) is 2.87. The third kappa shape index (κ3) is 3.56. The zero-order valence-electron chi connectivity index (χ0n) is 11.3. The minimum atomic E-state index is 0.348. The van der Waals surface area contributed by atoms with Gasteiger partial charge in [0.2, 0.25) is 0 Å². The Labute approximate surface area is 109 Å². The minimum Gasteiger partial charge on any atom is -0.396 e. The van der Waals surface area contributed by atoms with Gasteiger partial charge in [-0.2, -0.15) is 5.10 Å². The number of aliphatic hydroxyl groups is 1. The van der Waals surface area contributed by atoms with Crippen LogP contribution in [0.1, 0.15) is 38.2 Å². The number of aromatic nitrogens is 2. The number of rotatable bonds is 7. The highest BCUT2D eigenvalue weighted by Gasteiger charge is 2.25. The molecule has 4 heteroatoms. The molecule has 1 aromatic heterocycles. The number of hydrogen-bond donors (Lipinski definition) is 2. The first-order valence-corrected chi connectivity index (χ1v) is 7.16. The molecule has 102 valence electrons. The lowest BCUT2D eigenvalue weighted by atomic mass is 9.97. The van der Waals surface area contributed by atoms with Crippen LogP contribution in [0.25, 0.3) is 0 Å². The van der Waals surface area contributed by atoms with E-state index in [0.29, 0.717) is 18.4 Å². The maximum atomic E-state index is 9.27. The number of nitrogens with one attached hydrogen (secondary N) is 1. The van der Waals surface area contributed by atoms with Crippen LogP contribution >= 0.6 is 0 Å². The molecule has 0 bridgehead atoms. The van der Waals surface area contributed by atoms with Crippen LogP contribution in [0.3, 0.4) is 0 Å². The molecule has 0 amide bonds. The lowest BCUT2D eigenvalue weighted by Crippen LogP contribution is -2.26. The fourth-order valence-electron chi connectivity index (χ4n) is 2.87. The van der Waals surface area contributed by atoms with Crippen molar-refractivity contribution in [3.8, 4) is 0 Å². The van der Waals surface area contributed by atoms with E-state index in [4.69, 9.17) is 0 Å². The van der Waals surface area contributed by atoms with Crippen molar-refractivity contribution in [1.29, 1.82) is 0 Å². The summed E-state index contributed by atoms with van der Waals surface area (Å²) in [6.07, 6.45) is 8.90. The van der Waals surface area contributed by atoms with Gasteiger partial charge in [-0.25, -0.2) is 0 Å². The Kier molecular flexibility index (Phi) is 5.20. The Hall–Kier alpha value is -0.870. The van der Waals surface area contributed by atoms with Crippen molar-refractivity contribution in [3.05, 3.63) is 18.0 Å². The maximum Gasteiger partial charge on any atom is 0.0534 e. The Morgan fingerprint density at radius 3 is 3.06 bits per heavy atom. The highest BCUT2D eigenvalue weighted by Crippen LogP contribution is 2.30. The van der Waals surface area contributed by atoms with Crippen molar-refractivity contribution in [1.82, 2.24) is 15.1 Å². The Morgan fingerprint density at radius 2 is 2.28 bits per heavy atom. The summed E-state index contributed by atoms with van der Waals surface area (Å²) in [7, 11) is 0. The second-order valence-corrected chi connectivity index (χ2v) is 5.38. The Balaban J connectivity index is 1.71. The van der Waals surface area contributed by atoms with Crippen LogP contribution in [0.4, 0.5) is 0 Å². The molecule has 2 atom stereocenters. The third-order valence-corrected chi connectivity index (χ3v) is 3.93. The second-order valence-electron chi connectivity index (χ2n) is 5.38. The first-order chi connectivity index (χ1) is 8.83. The van der Waals surface area contributed by atoms with Gasteiger partial charge in [0.25, 0.3) is 0 Å². The van der Waals surface area contributed by atoms with E-state index >= 15 is 0 Å². The molecular formula is C14H25N3O. The van der Waals surface area contributed by atoms with Gasteiger partial charge in [0.05, 0.1) is 6.20 Å². The molecule has 4 nitrogen and oxygen atoms in total. The largest absolute Gasteiger partial charge is 0.396 e. The van der Waals surface area contributed by atoms with Crippen molar-refractivity contribution in [2.45, 2.75) is 45.7 Å². The van der Waals surface area contributed by atoms with Crippen LogP contribution in [0.5, 0.6) is 0 Å². The van der Waals surface area contributed by atoms with E-state index in [-0.39, 0.29) is 0 Å². The molecule has 2 N–H and O–H groups in total. The molecule has 0 radical (unpaired) electrons. The molecule has 1 fully saturated rings. The smallest absolute Gasteiger partial charge is 0.0534 e. The zero-order valence-corrected chi connectivity index (χ0v) is 11.3. The summed E-state index contributed by atoms with van der Waals surface area (Å²) < 4.78 is 2.00. The summed E-state index contributed by atoms with van der Waals surface area (Å²) in [5.41, 5.74) is 1.25. The fraction of sp³-hybridized carbons (Fsp3) is 0.786. The maximum absolute atomic E-state index is 9.27. The van der Waals surface area contributed by atoms with E-state index in [1.165, 1.54) is 24.8 Å². The third-order valence-electron chi connectivity index (χ3n) is 3.93. The molecule has 1 saturated carbocycles.